The highest BCUT2D eigenvalue weighted by atomic mass is 79.9. The van der Waals surface area contributed by atoms with Crippen LogP contribution in [0.5, 0.6) is 0 Å². The van der Waals surface area contributed by atoms with Gasteiger partial charge in [0.25, 0.3) is 0 Å². The number of hydrogen-bond acceptors (Lipinski definition) is 4. The van der Waals surface area contributed by atoms with Crippen LogP contribution in [0.15, 0.2) is 33.2 Å². The zero-order valence-electron chi connectivity index (χ0n) is 12.3. The number of carbonyl (C=O) groups is 1. The van der Waals surface area contributed by atoms with Crippen LogP contribution in [0.2, 0.25) is 0 Å². The third-order valence-electron chi connectivity index (χ3n) is 2.33. The van der Waals surface area contributed by atoms with Crippen molar-refractivity contribution in [1.29, 1.82) is 0 Å². The second-order valence-corrected chi connectivity index (χ2v) is 5.58. The molecule has 0 fully saturated rings. The zero-order valence-corrected chi connectivity index (χ0v) is 15.4. The number of rotatable bonds is 5. The summed E-state index contributed by atoms with van der Waals surface area (Å²) < 4.78 is 6.77. The van der Waals surface area contributed by atoms with Gasteiger partial charge < -0.3 is 4.74 Å². The predicted octanol–water partition coefficient (Wildman–Crippen LogP) is 4.63. The van der Waals surface area contributed by atoms with E-state index >= 15 is 0 Å². The molecule has 0 N–H and O–H groups in total. The molecule has 1 aromatic rings. The van der Waals surface area contributed by atoms with Gasteiger partial charge in [0.1, 0.15) is 0 Å². The van der Waals surface area contributed by atoms with Crippen molar-refractivity contribution >= 4 is 56.1 Å². The fraction of sp³-hybridized carbons (Fsp3) is 0.250. The lowest BCUT2D eigenvalue weighted by Gasteiger charge is -2.04. The van der Waals surface area contributed by atoms with Crippen LogP contribution in [0.3, 0.4) is 0 Å². The monoisotopic (exact) mass is 430 g/mol. The van der Waals surface area contributed by atoms with Crippen LogP contribution in [0.25, 0.3) is 12.2 Å². The molecular weight excluding hydrogens is 416 g/mol. The molecule has 0 aliphatic heterocycles. The van der Waals surface area contributed by atoms with E-state index in [2.05, 4.69) is 50.9 Å². The largest absolute Gasteiger partial charge is 0.463 e. The Hall–Kier alpha value is -1.49. The molecule has 0 spiro atoms. The molecule has 0 atom stereocenters. The molecule has 0 aromatic heterocycles. The number of benzene rings is 1. The van der Waals surface area contributed by atoms with Gasteiger partial charge in [-0.25, -0.2) is 4.79 Å². The Morgan fingerprint density at radius 1 is 1.14 bits per heavy atom. The van der Waals surface area contributed by atoms with Gasteiger partial charge in [-0.3, -0.25) is 0 Å². The van der Waals surface area contributed by atoms with Crippen molar-refractivity contribution in [3.05, 3.63) is 44.4 Å². The van der Waals surface area contributed by atoms with Crippen molar-refractivity contribution in [2.24, 2.45) is 0 Å². The molecule has 0 saturated carbocycles. The number of allylic oxidation sites excluding steroid dienone is 1. The molecule has 0 aliphatic rings. The minimum absolute atomic E-state index is 0.250. The molecule has 0 bridgehead atoms. The molecule has 0 amide bonds. The SMILES string of the molecule is CC/C=C/c1cc(Br)c(/C=C/C(=O)OCC)cc1Br.O=C=O. The summed E-state index contributed by atoms with van der Waals surface area (Å²) in [5.74, 6) is -0.333. The van der Waals surface area contributed by atoms with Gasteiger partial charge in [0.05, 0.1) is 6.61 Å². The normalized spacial score (nSPS) is 10.2. The van der Waals surface area contributed by atoms with Crippen LogP contribution in [0.1, 0.15) is 31.4 Å². The summed E-state index contributed by atoms with van der Waals surface area (Å²) in [7, 11) is 0. The number of carbonyl (C=O) groups excluding carboxylic acids is 3. The van der Waals surface area contributed by atoms with E-state index in [0.717, 1.165) is 26.5 Å². The topological polar surface area (TPSA) is 60.4 Å². The first-order valence-electron chi connectivity index (χ1n) is 6.49. The molecular formula is C16H16Br2O4. The Morgan fingerprint density at radius 2 is 1.64 bits per heavy atom. The maximum Gasteiger partial charge on any atom is 0.373 e. The van der Waals surface area contributed by atoms with Gasteiger partial charge in [-0.05, 0) is 42.7 Å². The molecule has 0 heterocycles. The summed E-state index contributed by atoms with van der Waals surface area (Å²) in [6.45, 7) is 4.26. The zero-order chi connectivity index (χ0) is 17.0. The maximum atomic E-state index is 11.3. The van der Waals surface area contributed by atoms with Gasteiger partial charge >= 0.3 is 12.1 Å². The first-order chi connectivity index (χ1) is 10.5. The van der Waals surface area contributed by atoms with Crippen LogP contribution < -0.4 is 0 Å². The van der Waals surface area contributed by atoms with Crippen LogP contribution in [-0.4, -0.2) is 18.7 Å². The number of esters is 1. The van der Waals surface area contributed by atoms with Crippen molar-refractivity contribution in [1.82, 2.24) is 0 Å². The van der Waals surface area contributed by atoms with Gasteiger partial charge in [-0.2, -0.15) is 9.59 Å². The van der Waals surface area contributed by atoms with Crippen LogP contribution in [-0.2, 0) is 19.1 Å². The highest BCUT2D eigenvalue weighted by Crippen LogP contribution is 2.28. The van der Waals surface area contributed by atoms with Gasteiger partial charge in [-0.15, -0.1) is 0 Å². The summed E-state index contributed by atoms with van der Waals surface area (Å²) in [6.07, 6.45) is 8.57. The molecule has 118 valence electrons. The minimum atomic E-state index is -0.333. The van der Waals surface area contributed by atoms with Gasteiger partial charge in [0, 0.05) is 15.0 Å². The summed E-state index contributed by atoms with van der Waals surface area (Å²) >= 11 is 7.03. The van der Waals surface area contributed by atoms with E-state index in [1.165, 1.54) is 6.08 Å². The van der Waals surface area contributed by atoms with Crippen LogP contribution in [0.4, 0.5) is 0 Å². The second kappa shape index (κ2) is 12.1. The summed E-state index contributed by atoms with van der Waals surface area (Å²) in [4.78, 5) is 27.5. The van der Waals surface area contributed by atoms with Crippen LogP contribution in [0, 0.1) is 0 Å². The molecule has 0 saturated heterocycles. The Balaban J connectivity index is 0.00000135. The Bertz CT molecular complexity index is 586. The smallest absolute Gasteiger partial charge is 0.373 e. The average molecular weight is 432 g/mol. The summed E-state index contributed by atoms with van der Waals surface area (Å²) in [6, 6.07) is 3.98. The van der Waals surface area contributed by atoms with E-state index in [4.69, 9.17) is 14.3 Å². The first-order valence-corrected chi connectivity index (χ1v) is 8.08. The first kappa shape index (κ1) is 20.5. The molecule has 4 nitrogen and oxygen atoms in total. The Morgan fingerprint density at radius 3 is 2.09 bits per heavy atom. The van der Waals surface area contributed by atoms with E-state index < -0.39 is 0 Å². The highest BCUT2D eigenvalue weighted by Gasteiger charge is 2.03. The van der Waals surface area contributed by atoms with Crippen molar-refractivity contribution in [2.45, 2.75) is 20.3 Å². The minimum Gasteiger partial charge on any atom is -0.463 e. The Labute approximate surface area is 146 Å². The molecule has 6 heteroatoms. The Kier molecular flexibility index (Phi) is 11.3. The fourth-order valence-corrected chi connectivity index (χ4v) is 2.41. The number of hydrogen-bond donors (Lipinski definition) is 0. The highest BCUT2D eigenvalue weighted by molar-refractivity contribution is 9.11. The lowest BCUT2D eigenvalue weighted by Crippen LogP contribution is -1.98. The van der Waals surface area contributed by atoms with Crippen molar-refractivity contribution in [3.63, 3.8) is 0 Å². The molecule has 1 aromatic carbocycles. The second-order valence-electron chi connectivity index (χ2n) is 3.87. The van der Waals surface area contributed by atoms with Gasteiger partial charge in [-0.1, -0.05) is 50.9 Å². The maximum absolute atomic E-state index is 11.3. The van der Waals surface area contributed by atoms with Crippen molar-refractivity contribution < 1.29 is 19.1 Å². The molecule has 0 unspecified atom stereocenters. The van der Waals surface area contributed by atoms with E-state index in [9.17, 15) is 4.79 Å². The lowest BCUT2D eigenvalue weighted by atomic mass is 10.1. The third kappa shape index (κ3) is 8.08. The molecule has 0 aliphatic carbocycles. The summed E-state index contributed by atoms with van der Waals surface area (Å²) in [5.41, 5.74) is 2.02. The fourth-order valence-electron chi connectivity index (χ4n) is 1.43. The standard InChI is InChI=1S/C15H16Br2O2.CO2/c1-3-5-6-11-9-14(17)12(10-13(11)16)7-8-15(18)19-4-2;2-1-3/h5-10H,3-4H2,1-2H3;/b6-5+,8-7+;. The van der Waals surface area contributed by atoms with E-state index in [1.54, 1.807) is 13.0 Å². The van der Waals surface area contributed by atoms with E-state index in [-0.39, 0.29) is 12.1 Å². The van der Waals surface area contributed by atoms with E-state index in [0.29, 0.717) is 6.61 Å². The molecule has 0 radical (unpaired) electrons. The van der Waals surface area contributed by atoms with Gasteiger partial charge in [0.2, 0.25) is 0 Å². The van der Waals surface area contributed by atoms with Crippen LogP contribution >= 0.6 is 31.9 Å². The van der Waals surface area contributed by atoms with E-state index in [1.807, 2.05) is 12.1 Å². The van der Waals surface area contributed by atoms with Gasteiger partial charge in [0.15, 0.2) is 0 Å². The molecule has 1 rings (SSSR count). The summed E-state index contributed by atoms with van der Waals surface area (Å²) in [5, 5.41) is 0. The lowest BCUT2D eigenvalue weighted by molar-refractivity contribution is -0.191. The number of halogens is 2. The number of ether oxygens (including phenoxy) is 1. The van der Waals surface area contributed by atoms with Crippen molar-refractivity contribution in [2.75, 3.05) is 6.61 Å². The third-order valence-corrected chi connectivity index (χ3v) is 3.71. The average Bonchev–Trinajstić information content (AvgIpc) is 2.47. The molecule has 22 heavy (non-hydrogen) atoms. The predicted molar refractivity (Wildman–Crippen MR) is 91.8 cm³/mol. The van der Waals surface area contributed by atoms with Crippen molar-refractivity contribution in [3.8, 4) is 0 Å². The quantitative estimate of drug-likeness (QED) is 0.503.